The second kappa shape index (κ2) is 10.6. The summed E-state index contributed by atoms with van der Waals surface area (Å²) in [7, 11) is 1.70. The van der Waals surface area contributed by atoms with Crippen LogP contribution in [0.2, 0.25) is 0 Å². The largest absolute Gasteiger partial charge is 0.355 e. The molecule has 1 heterocycles. The second-order valence-electron chi connectivity index (χ2n) is 4.90. The molecule has 0 unspecified atom stereocenters. The Morgan fingerprint density at radius 3 is 2.83 bits per heavy atom. The minimum absolute atomic E-state index is 0. The molecule has 132 valence electrons. The number of aryl methyl sites for hydroxylation is 1. The van der Waals surface area contributed by atoms with Crippen molar-refractivity contribution in [2.24, 2.45) is 4.99 Å². The van der Waals surface area contributed by atoms with Crippen molar-refractivity contribution < 1.29 is 4.39 Å². The number of hydrogen-bond donors (Lipinski definition) is 2. The van der Waals surface area contributed by atoms with Crippen molar-refractivity contribution >= 4 is 45.9 Å². The number of aromatic nitrogens is 3. The van der Waals surface area contributed by atoms with Crippen LogP contribution < -0.4 is 10.6 Å². The second-order valence-corrected chi connectivity index (χ2v) is 5.75. The van der Waals surface area contributed by atoms with Crippen molar-refractivity contribution in [1.29, 1.82) is 0 Å². The van der Waals surface area contributed by atoms with E-state index < -0.39 is 0 Å². The number of aliphatic imine (C=N–C) groups is 1. The molecule has 9 heteroatoms. The number of nitrogens with zero attached hydrogens (tertiary/aromatic N) is 4. The molecule has 0 spiro atoms. The molecule has 0 aliphatic heterocycles. The molecule has 0 fully saturated rings. The molecule has 2 N–H and O–H groups in total. The third-order valence-electron chi connectivity index (χ3n) is 3.32. The van der Waals surface area contributed by atoms with E-state index in [2.05, 4.69) is 41.8 Å². The molecule has 0 saturated carbocycles. The molecule has 0 aliphatic carbocycles. The van der Waals surface area contributed by atoms with Crippen LogP contribution in [-0.2, 0) is 19.5 Å². The highest BCUT2D eigenvalue weighted by atomic mass is 127. The molecule has 0 saturated heterocycles. The number of guanidine groups is 1. The molecule has 0 radical (unpaired) electrons. The summed E-state index contributed by atoms with van der Waals surface area (Å²) in [6.45, 7) is 3.99. The molecule has 0 bridgehead atoms. The lowest BCUT2D eigenvalue weighted by atomic mass is 10.2. The monoisotopic (exact) mass is 510 g/mol. The van der Waals surface area contributed by atoms with Crippen LogP contribution in [0.15, 0.2) is 34.0 Å². The zero-order chi connectivity index (χ0) is 16.7. The van der Waals surface area contributed by atoms with Crippen LogP contribution in [-0.4, -0.2) is 34.3 Å². The van der Waals surface area contributed by atoms with Gasteiger partial charge < -0.3 is 15.2 Å². The minimum atomic E-state index is -0.271. The maximum Gasteiger partial charge on any atom is 0.191 e. The number of nitrogens with one attached hydrogen (secondary N) is 2. The standard InChI is InChI=1S/C15H20BrFN6.HI/c1-3-14-22-21-10-23(14)7-6-19-15(18-2)20-9-11-4-5-12(16)13(17)8-11;/h4-5,8,10H,3,6-7,9H2,1-2H3,(H2,18,19,20);1H. The number of hydrogen-bond acceptors (Lipinski definition) is 3. The van der Waals surface area contributed by atoms with E-state index >= 15 is 0 Å². The first-order chi connectivity index (χ1) is 11.1. The van der Waals surface area contributed by atoms with E-state index in [9.17, 15) is 4.39 Å². The molecular weight excluding hydrogens is 490 g/mol. The van der Waals surface area contributed by atoms with Gasteiger partial charge in [0, 0.05) is 33.1 Å². The van der Waals surface area contributed by atoms with E-state index in [4.69, 9.17) is 0 Å². The van der Waals surface area contributed by atoms with Gasteiger partial charge >= 0.3 is 0 Å². The Bertz CT molecular complexity index is 676. The smallest absolute Gasteiger partial charge is 0.191 e. The van der Waals surface area contributed by atoms with Crippen LogP contribution in [0.1, 0.15) is 18.3 Å². The van der Waals surface area contributed by atoms with Crippen LogP contribution in [0, 0.1) is 5.82 Å². The Hall–Kier alpha value is -1.23. The normalized spacial score (nSPS) is 11.1. The molecule has 2 aromatic rings. The lowest BCUT2D eigenvalue weighted by Gasteiger charge is -2.13. The summed E-state index contributed by atoms with van der Waals surface area (Å²) in [5, 5.41) is 14.3. The van der Waals surface area contributed by atoms with E-state index in [1.807, 2.05) is 17.6 Å². The summed E-state index contributed by atoms with van der Waals surface area (Å²) in [5.41, 5.74) is 0.848. The Morgan fingerprint density at radius 2 is 2.17 bits per heavy atom. The predicted octanol–water partition coefficient (Wildman–Crippen LogP) is 2.73. The van der Waals surface area contributed by atoms with Crippen molar-refractivity contribution in [3.63, 3.8) is 0 Å². The number of rotatable bonds is 6. The molecule has 1 aromatic carbocycles. The van der Waals surface area contributed by atoms with Gasteiger partial charge in [-0.25, -0.2) is 4.39 Å². The average molecular weight is 511 g/mol. The first-order valence-electron chi connectivity index (χ1n) is 7.39. The SMILES string of the molecule is CCc1nncn1CCNC(=NC)NCc1ccc(Br)c(F)c1.I. The minimum Gasteiger partial charge on any atom is -0.355 e. The Labute approximate surface area is 166 Å². The quantitative estimate of drug-likeness (QED) is 0.356. The fourth-order valence-corrected chi connectivity index (χ4v) is 2.34. The van der Waals surface area contributed by atoms with Crippen LogP contribution in [0.4, 0.5) is 4.39 Å². The van der Waals surface area contributed by atoms with Crippen LogP contribution in [0.25, 0.3) is 0 Å². The highest BCUT2D eigenvalue weighted by Crippen LogP contribution is 2.16. The molecule has 24 heavy (non-hydrogen) atoms. The Morgan fingerprint density at radius 1 is 1.38 bits per heavy atom. The van der Waals surface area contributed by atoms with Gasteiger partial charge in [-0.2, -0.15) is 0 Å². The molecule has 0 atom stereocenters. The van der Waals surface area contributed by atoms with E-state index in [1.54, 1.807) is 19.4 Å². The third kappa shape index (κ3) is 6.00. The molecule has 6 nitrogen and oxygen atoms in total. The highest BCUT2D eigenvalue weighted by Gasteiger charge is 2.04. The van der Waals surface area contributed by atoms with E-state index in [0.717, 1.165) is 24.4 Å². The van der Waals surface area contributed by atoms with Gasteiger partial charge in [0.15, 0.2) is 5.96 Å². The van der Waals surface area contributed by atoms with Gasteiger partial charge in [-0.1, -0.05) is 13.0 Å². The Balaban J connectivity index is 0.00000288. The molecular formula is C15H21BrFIN6. The van der Waals surface area contributed by atoms with Crippen molar-refractivity contribution in [1.82, 2.24) is 25.4 Å². The maximum absolute atomic E-state index is 13.5. The number of benzene rings is 1. The Kier molecular flexibility index (Phi) is 9.19. The lowest BCUT2D eigenvalue weighted by molar-refractivity contribution is 0.616. The van der Waals surface area contributed by atoms with Gasteiger partial charge in [0.2, 0.25) is 0 Å². The van der Waals surface area contributed by atoms with Crippen molar-refractivity contribution in [3.8, 4) is 0 Å². The fourth-order valence-electron chi connectivity index (χ4n) is 2.09. The van der Waals surface area contributed by atoms with Crippen molar-refractivity contribution in [2.75, 3.05) is 13.6 Å². The summed E-state index contributed by atoms with van der Waals surface area (Å²) in [6.07, 6.45) is 2.57. The van der Waals surface area contributed by atoms with Gasteiger partial charge in [0.1, 0.15) is 18.0 Å². The summed E-state index contributed by atoms with van der Waals surface area (Å²) in [6, 6.07) is 5.05. The zero-order valence-corrected chi connectivity index (χ0v) is 17.5. The van der Waals surface area contributed by atoms with Gasteiger partial charge in [-0.15, -0.1) is 34.2 Å². The zero-order valence-electron chi connectivity index (χ0n) is 13.6. The van der Waals surface area contributed by atoms with Crippen LogP contribution in [0.5, 0.6) is 0 Å². The van der Waals surface area contributed by atoms with Crippen molar-refractivity contribution in [3.05, 3.63) is 46.2 Å². The summed E-state index contributed by atoms with van der Waals surface area (Å²) in [4.78, 5) is 4.16. The lowest BCUT2D eigenvalue weighted by Crippen LogP contribution is -2.38. The third-order valence-corrected chi connectivity index (χ3v) is 3.97. The topological polar surface area (TPSA) is 67.1 Å². The first kappa shape index (κ1) is 20.8. The van der Waals surface area contributed by atoms with E-state index in [1.165, 1.54) is 6.07 Å². The van der Waals surface area contributed by atoms with Crippen molar-refractivity contribution in [2.45, 2.75) is 26.4 Å². The number of halogens is 3. The van der Waals surface area contributed by atoms with E-state index in [-0.39, 0.29) is 29.8 Å². The fraction of sp³-hybridized carbons (Fsp3) is 0.400. The van der Waals surface area contributed by atoms with Gasteiger partial charge in [0.05, 0.1) is 4.47 Å². The summed E-state index contributed by atoms with van der Waals surface area (Å²) in [5.74, 6) is 1.35. The molecule has 0 amide bonds. The maximum atomic E-state index is 13.5. The first-order valence-corrected chi connectivity index (χ1v) is 8.18. The molecule has 1 aromatic heterocycles. The van der Waals surface area contributed by atoms with Crippen LogP contribution >= 0.6 is 39.9 Å². The molecule has 0 aliphatic rings. The van der Waals surface area contributed by atoms with E-state index in [0.29, 0.717) is 23.5 Å². The van der Waals surface area contributed by atoms with Crippen LogP contribution in [0.3, 0.4) is 0 Å². The highest BCUT2D eigenvalue weighted by molar-refractivity contribution is 14.0. The average Bonchev–Trinajstić information content (AvgIpc) is 3.01. The predicted molar refractivity (Wildman–Crippen MR) is 107 cm³/mol. The summed E-state index contributed by atoms with van der Waals surface area (Å²) < 4.78 is 15.9. The molecule has 2 rings (SSSR count). The van der Waals surface area contributed by atoms with Gasteiger partial charge in [0.25, 0.3) is 0 Å². The van der Waals surface area contributed by atoms with Gasteiger partial charge in [-0.05, 0) is 33.6 Å². The summed E-state index contributed by atoms with van der Waals surface area (Å²) >= 11 is 3.14. The van der Waals surface area contributed by atoms with Gasteiger partial charge in [-0.3, -0.25) is 4.99 Å².